The van der Waals surface area contributed by atoms with E-state index in [4.69, 9.17) is 9.47 Å². The number of aromatic hydroxyl groups is 1. The van der Waals surface area contributed by atoms with Crippen molar-refractivity contribution >= 4 is 6.09 Å². The largest absolute Gasteiger partial charge is 0.504 e. The highest BCUT2D eigenvalue weighted by Crippen LogP contribution is 2.28. The molecule has 0 aliphatic carbocycles. The number of hydrogen-bond acceptors (Lipinski definition) is 4. The molecule has 0 radical (unpaired) electrons. The highest BCUT2D eigenvalue weighted by molar-refractivity contribution is 5.67. The molecule has 0 aliphatic heterocycles. The first kappa shape index (κ1) is 23.1. The van der Waals surface area contributed by atoms with Crippen molar-refractivity contribution in [2.45, 2.75) is 40.7 Å². The minimum Gasteiger partial charge on any atom is -0.504 e. The monoisotopic (exact) mass is 325 g/mol. The second kappa shape index (κ2) is 10.5. The first-order valence-electron chi connectivity index (χ1n) is 7.06. The average Bonchev–Trinajstić information content (AvgIpc) is 2.42. The Hall–Kier alpha value is -2.17. The van der Waals surface area contributed by atoms with Crippen molar-refractivity contribution < 1.29 is 19.4 Å². The number of para-hydroxylation sites is 1. The van der Waals surface area contributed by atoms with Crippen LogP contribution in [0.4, 0.5) is 4.79 Å². The summed E-state index contributed by atoms with van der Waals surface area (Å²) in [6.45, 7) is 14.0. The van der Waals surface area contributed by atoms with E-state index in [9.17, 15) is 9.90 Å². The molecule has 0 unspecified atom stereocenters. The van der Waals surface area contributed by atoms with Crippen molar-refractivity contribution in [2.75, 3.05) is 20.2 Å². The van der Waals surface area contributed by atoms with Gasteiger partial charge >= 0.3 is 6.09 Å². The summed E-state index contributed by atoms with van der Waals surface area (Å²) >= 11 is 0. The number of phenolic OH excluding ortho intramolecular Hbond substituents is 1. The van der Waals surface area contributed by atoms with Gasteiger partial charge in [0.1, 0.15) is 12.2 Å². The fourth-order valence-electron chi connectivity index (χ4n) is 1.54. The molecule has 0 atom stereocenters. The van der Waals surface area contributed by atoms with Crippen LogP contribution in [-0.2, 0) is 4.74 Å². The molecule has 23 heavy (non-hydrogen) atoms. The molecule has 132 valence electrons. The summed E-state index contributed by atoms with van der Waals surface area (Å²) in [6, 6.07) is 5.18. The third-order valence-corrected chi connectivity index (χ3v) is 2.57. The van der Waals surface area contributed by atoms with Gasteiger partial charge in [0.25, 0.3) is 0 Å². The maximum atomic E-state index is 11.7. The number of ether oxygens (including phenoxy) is 2. The van der Waals surface area contributed by atoms with Gasteiger partial charge in [0, 0.05) is 7.05 Å². The van der Waals surface area contributed by atoms with Crippen LogP contribution in [0.15, 0.2) is 31.4 Å². The van der Waals surface area contributed by atoms with Crippen molar-refractivity contribution in [3.05, 3.63) is 36.9 Å². The molecule has 5 heteroatoms. The molecule has 1 N–H and O–H groups in total. The van der Waals surface area contributed by atoms with E-state index in [2.05, 4.69) is 13.2 Å². The van der Waals surface area contributed by atoms with Gasteiger partial charge in [-0.15, -0.1) is 13.2 Å². The van der Waals surface area contributed by atoms with Crippen LogP contribution in [0, 0.1) is 6.92 Å². The summed E-state index contributed by atoms with van der Waals surface area (Å²) < 4.78 is 10.8. The Bertz CT molecular complexity index is 460. The molecular formula is C18H31NO4. The Balaban J connectivity index is 0. The first-order chi connectivity index (χ1) is 10.2. The highest BCUT2D eigenvalue weighted by Gasteiger charge is 2.19. The predicted octanol–water partition coefficient (Wildman–Crippen LogP) is 4.38. The highest BCUT2D eigenvalue weighted by atomic mass is 16.6. The summed E-state index contributed by atoms with van der Waals surface area (Å²) in [5.74, 6) is 0.551. The summed E-state index contributed by atoms with van der Waals surface area (Å²) in [4.78, 5) is 13.2. The molecule has 1 rings (SSSR count). The fourth-order valence-corrected chi connectivity index (χ4v) is 1.54. The zero-order chi connectivity index (χ0) is 17.3. The van der Waals surface area contributed by atoms with Crippen LogP contribution < -0.4 is 4.74 Å². The van der Waals surface area contributed by atoms with Gasteiger partial charge in [-0.2, -0.15) is 0 Å². The lowest BCUT2D eigenvalue weighted by atomic mass is 10.2. The van der Waals surface area contributed by atoms with Gasteiger partial charge in [0.2, 0.25) is 0 Å². The molecule has 0 spiro atoms. The third kappa shape index (κ3) is 8.76. The van der Waals surface area contributed by atoms with Crippen LogP contribution >= 0.6 is 0 Å². The van der Waals surface area contributed by atoms with Gasteiger partial charge in [0.15, 0.2) is 11.5 Å². The smallest absolute Gasteiger partial charge is 0.410 e. The average molecular weight is 325 g/mol. The van der Waals surface area contributed by atoms with E-state index in [1.54, 1.807) is 19.2 Å². The normalized spacial score (nSPS) is 9.78. The minimum absolute atomic E-state index is 0. The number of hydrogen-bond donors (Lipinski definition) is 1. The molecule has 0 saturated heterocycles. The molecule has 5 nitrogen and oxygen atoms in total. The Labute approximate surface area is 140 Å². The van der Waals surface area contributed by atoms with E-state index in [1.807, 2.05) is 33.8 Å². The van der Waals surface area contributed by atoms with Crippen molar-refractivity contribution in [3.8, 4) is 11.5 Å². The van der Waals surface area contributed by atoms with E-state index >= 15 is 0 Å². The summed E-state index contributed by atoms with van der Waals surface area (Å²) in [5.41, 5.74) is 0.338. The molecule has 0 bridgehead atoms. The lowest BCUT2D eigenvalue weighted by molar-refractivity contribution is 0.0278. The number of nitrogens with zero attached hydrogens (tertiary/aromatic N) is 1. The maximum Gasteiger partial charge on any atom is 0.410 e. The number of carbonyl (C=O) groups excluding carboxylic acids is 1. The summed E-state index contributed by atoms with van der Waals surface area (Å²) in [7, 11) is 1.65. The number of likely N-dealkylation sites (N-methyl/N-ethyl adjacent to an activating group) is 1. The standard InChI is InChI=1S/C15H23NO4.C2H4.CH4/c1-11-7-6-8-12(17)13(11)19-10-9-16(5)14(18)20-15(2,3)4;1-2;/h6-8,17H,9-10H2,1-5H3;1-2H2;1H4. The van der Waals surface area contributed by atoms with Crippen molar-refractivity contribution in [3.63, 3.8) is 0 Å². The summed E-state index contributed by atoms with van der Waals surface area (Å²) in [5, 5.41) is 9.69. The SMILES string of the molecule is C.C=C.Cc1cccc(O)c1OCCN(C)C(=O)OC(C)(C)C. The van der Waals surface area contributed by atoms with Gasteiger partial charge in [0.05, 0.1) is 6.54 Å². The lowest BCUT2D eigenvalue weighted by Gasteiger charge is -2.24. The Morgan fingerprint density at radius 1 is 1.30 bits per heavy atom. The molecule has 1 amide bonds. The molecule has 0 aliphatic rings. The number of amides is 1. The van der Waals surface area contributed by atoms with Crippen LogP contribution in [0.3, 0.4) is 0 Å². The molecule has 0 fully saturated rings. The maximum absolute atomic E-state index is 11.7. The van der Waals surface area contributed by atoms with Crippen molar-refractivity contribution in [1.82, 2.24) is 4.90 Å². The van der Waals surface area contributed by atoms with Crippen molar-refractivity contribution in [2.24, 2.45) is 0 Å². The Kier molecular flexibility index (Phi) is 10.6. The lowest BCUT2D eigenvalue weighted by Crippen LogP contribution is -2.36. The Morgan fingerprint density at radius 2 is 1.87 bits per heavy atom. The number of benzene rings is 1. The number of aryl methyl sites for hydroxylation is 1. The second-order valence-corrected chi connectivity index (χ2v) is 5.67. The van der Waals surface area contributed by atoms with Gasteiger partial charge in [-0.05, 0) is 39.3 Å². The van der Waals surface area contributed by atoms with Gasteiger partial charge in [-0.1, -0.05) is 19.6 Å². The second-order valence-electron chi connectivity index (χ2n) is 5.67. The van der Waals surface area contributed by atoms with E-state index in [1.165, 1.54) is 4.90 Å². The topological polar surface area (TPSA) is 59.0 Å². The van der Waals surface area contributed by atoms with Crippen LogP contribution in [0.1, 0.15) is 33.8 Å². The van der Waals surface area contributed by atoms with Crippen LogP contribution in [-0.4, -0.2) is 41.9 Å². The van der Waals surface area contributed by atoms with E-state index in [0.717, 1.165) is 5.56 Å². The minimum atomic E-state index is -0.513. The predicted molar refractivity (Wildman–Crippen MR) is 95.2 cm³/mol. The number of phenols is 1. The van der Waals surface area contributed by atoms with E-state index in [-0.39, 0.29) is 19.8 Å². The molecule has 0 aromatic heterocycles. The molecular weight excluding hydrogens is 294 g/mol. The van der Waals surface area contributed by atoms with Gasteiger partial charge < -0.3 is 19.5 Å². The third-order valence-electron chi connectivity index (χ3n) is 2.57. The molecule has 1 aromatic rings. The molecule has 1 aromatic carbocycles. The first-order valence-corrected chi connectivity index (χ1v) is 7.06. The van der Waals surface area contributed by atoms with Crippen LogP contribution in [0.25, 0.3) is 0 Å². The van der Waals surface area contributed by atoms with Gasteiger partial charge in [-0.25, -0.2) is 4.79 Å². The molecule has 0 saturated carbocycles. The quantitative estimate of drug-likeness (QED) is 0.834. The number of rotatable bonds is 4. The van der Waals surface area contributed by atoms with Crippen LogP contribution in [0.2, 0.25) is 0 Å². The van der Waals surface area contributed by atoms with E-state index < -0.39 is 11.7 Å². The molecule has 0 heterocycles. The zero-order valence-electron chi connectivity index (χ0n) is 14.2. The Morgan fingerprint density at radius 3 is 2.35 bits per heavy atom. The summed E-state index contributed by atoms with van der Waals surface area (Å²) in [6.07, 6.45) is -0.393. The van der Waals surface area contributed by atoms with Crippen molar-refractivity contribution in [1.29, 1.82) is 0 Å². The van der Waals surface area contributed by atoms with Gasteiger partial charge in [-0.3, -0.25) is 0 Å². The van der Waals surface area contributed by atoms with Crippen LogP contribution in [0.5, 0.6) is 11.5 Å². The number of carbonyl (C=O) groups is 1. The fraction of sp³-hybridized carbons (Fsp3) is 0.500. The van der Waals surface area contributed by atoms with E-state index in [0.29, 0.717) is 12.3 Å². The zero-order valence-corrected chi connectivity index (χ0v) is 14.2.